The van der Waals surface area contributed by atoms with Gasteiger partial charge in [0.2, 0.25) is 11.8 Å². The molecule has 5 amide bonds. The lowest BCUT2D eigenvalue weighted by molar-refractivity contribution is -0.137. The van der Waals surface area contributed by atoms with Gasteiger partial charge in [-0.15, -0.1) is 12.4 Å². The Kier molecular flexibility index (Phi) is 14.1. The molecule has 2 aromatic rings. The zero-order valence-electron chi connectivity index (χ0n) is 33.3. The van der Waals surface area contributed by atoms with E-state index in [0.717, 1.165) is 76.7 Å². The molecule has 3 saturated heterocycles. The van der Waals surface area contributed by atoms with Crippen molar-refractivity contribution in [1.29, 1.82) is 5.26 Å². The molecule has 58 heavy (non-hydrogen) atoms. The molecule has 1 saturated carbocycles. The van der Waals surface area contributed by atoms with E-state index in [9.17, 15) is 37.6 Å². The molecule has 6 rings (SSSR count). The average Bonchev–Trinajstić information content (AvgIpc) is 3.33. The van der Waals surface area contributed by atoms with Gasteiger partial charge in [-0.2, -0.15) is 18.4 Å². The van der Waals surface area contributed by atoms with E-state index >= 15 is 0 Å². The SMILES string of the molecule is C[C@@H]1CN(CCCCC2CCC(N3C(=S)N(c4ccc(C#N)c(C(F)(F)F)c4)C(=O)C3(C)C)CC2)C[C@H](C)N1CC(=O)Nc1ccc(N2CCC(=O)NC2=O)cc1.Cl. The standard InChI is InChI=1S/C41H51F3N8O4S.ClH/c1-26-23-48(24-27(2)50(26)25-36(54)46-30-11-16-31(17-12-30)49-20-18-35(53)47-38(49)56)19-6-5-7-28-8-13-32(14-9-28)52-39(57)51(37(55)40(52,3)4)33-15-10-29(22-45)34(21-33)41(42,43)44;/h10-12,15-17,21,26-28,32H,5-9,13-14,18-20,23-25H2,1-4H3,(H,46,54)(H,47,53,56);1H/t26-,27+,28?,32?;. The number of unbranched alkanes of at least 4 members (excludes halogenated alkanes) is 1. The van der Waals surface area contributed by atoms with E-state index in [1.807, 2.05) is 4.90 Å². The molecule has 3 aliphatic heterocycles. The minimum atomic E-state index is -4.75. The largest absolute Gasteiger partial charge is 0.417 e. The highest BCUT2D eigenvalue weighted by Crippen LogP contribution is 2.41. The van der Waals surface area contributed by atoms with Crippen LogP contribution in [0.25, 0.3) is 0 Å². The summed E-state index contributed by atoms with van der Waals surface area (Å²) in [5.41, 5.74) is -1.30. The molecule has 0 radical (unpaired) electrons. The number of anilines is 3. The van der Waals surface area contributed by atoms with Crippen molar-refractivity contribution >= 4 is 70.6 Å². The summed E-state index contributed by atoms with van der Waals surface area (Å²) >= 11 is 5.76. The molecule has 1 aliphatic carbocycles. The van der Waals surface area contributed by atoms with E-state index in [4.69, 9.17) is 12.2 Å². The molecule has 17 heteroatoms. The summed E-state index contributed by atoms with van der Waals surface area (Å²) in [4.78, 5) is 59.6. The topological polar surface area (TPSA) is 132 Å². The van der Waals surface area contributed by atoms with Crippen LogP contribution in [-0.4, -0.2) is 100.0 Å². The number of imide groups is 1. The quantitative estimate of drug-likeness (QED) is 0.183. The smallest absolute Gasteiger partial charge is 0.331 e. The number of carbonyl (C=O) groups excluding carboxylic acids is 4. The first-order valence-electron chi connectivity index (χ1n) is 19.8. The summed E-state index contributed by atoms with van der Waals surface area (Å²) in [6.45, 7) is 11.2. The summed E-state index contributed by atoms with van der Waals surface area (Å²) in [6, 6.07) is 11.8. The maximum atomic E-state index is 13.7. The molecule has 4 fully saturated rings. The van der Waals surface area contributed by atoms with Gasteiger partial charge in [0.1, 0.15) is 5.54 Å². The van der Waals surface area contributed by atoms with Crippen LogP contribution in [0.4, 0.5) is 35.0 Å². The summed E-state index contributed by atoms with van der Waals surface area (Å²) in [6.07, 6.45) is 2.42. The van der Waals surface area contributed by atoms with Crippen molar-refractivity contribution in [1.82, 2.24) is 20.0 Å². The predicted octanol–water partition coefficient (Wildman–Crippen LogP) is 6.92. The highest BCUT2D eigenvalue weighted by atomic mass is 35.5. The van der Waals surface area contributed by atoms with Crippen LogP contribution < -0.4 is 20.4 Å². The number of benzene rings is 2. The van der Waals surface area contributed by atoms with Gasteiger partial charge < -0.3 is 15.1 Å². The van der Waals surface area contributed by atoms with E-state index in [1.165, 1.54) is 15.9 Å². The maximum Gasteiger partial charge on any atom is 0.417 e. The second kappa shape index (κ2) is 18.3. The first kappa shape index (κ1) is 44.8. The van der Waals surface area contributed by atoms with E-state index in [-0.39, 0.29) is 72.0 Å². The zero-order chi connectivity index (χ0) is 41.2. The van der Waals surface area contributed by atoms with Gasteiger partial charge in [0.25, 0.3) is 5.91 Å². The normalized spacial score (nSPS) is 24.3. The number of piperazine rings is 1. The Bertz CT molecular complexity index is 1910. The first-order valence-corrected chi connectivity index (χ1v) is 20.2. The van der Waals surface area contributed by atoms with Crippen LogP contribution in [-0.2, 0) is 20.6 Å². The molecule has 12 nitrogen and oxygen atoms in total. The van der Waals surface area contributed by atoms with Gasteiger partial charge in [-0.25, -0.2) is 4.79 Å². The van der Waals surface area contributed by atoms with Gasteiger partial charge in [-0.1, -0.05) is 12.8 Å². The van der Waals surface area contributed by atoms with Crippen LogP contribution >= 0.6 is 24.6 Å². The number of thiocarbonyl (C=S) groups is 1. The molecular formula is C41H52ClF3N8O4S. The number of amides is 5. The Morgan fingerprint density at radius 1 is 0.983 bits per heavy atom. The Labute approximate surface area is 349 Å². The minimum Gasteiger partial charge on any atom is -0.331 e. The number of halogens is 4. The summed E-state index contributed by atoms with van der Waals surface area (Å²) in [7, 11) is 0. The number of urea groups is 1. The minimum absolute atomic E-state index is 0. The van der Waals surface area contributed by atoms with E-state index in [0.29, 0.717) is 23.8 Å². The van der Waals surface area contributed by atoms with Crippen LogP contribution in [0, 0.1) is 17.2 Å². The molecule has 4 aliphatic rings. The Hall–Kier alpha value is -4.30. The lowest BCUT2D eigenvalue weighted by atomic mass is 9.81. The number of carbonyl (C=O) groups is 4. The van der Waals surface area contributed by atoms with Gasteiger partial charge in [0.15, 0.2) is 5.11 Å². The van der Waals surface area contributed by atoms with Crippen molar-refractivity contribution in [3.8, 4) is 6.07 Å². The monoisotopic (exact) mass is 844 g/mol. The van der Waals surface area contributed by atoms with Crippen LogP contribution in [0.3, 0.4) is 0 Å². The van der Waals surface area contributed by atoms with Crippen LogP contribution in [0.15, 0.2) is 42.5 Å². The second-order valence-electron chi connectivity index (χ2n) is 16.3. The van der Waals surface area contributed by atoms with Crippen LogP contribution in [0.2, 0.25) is 0 Å². The maximum absolute atomic E-state index is 13.7. The third kappa shape index (κ3) is 9.76. The second-order valence-corrected chi connectivity index (χ2v) is 16.7. The Morgan fingerprint density at radius 3 is 2.22 bits per heavy atom. The van der Waals surface area contributed by atoms with E-state index < -0.39 is 28.9 Å². The lowest BCUT2D eigenvalue weighted by Crippen LogP contribution is -2.58. The lowest BCUT2D eigenvalue weighted by Gasteiger charge is -2.44. The first-order chi connectivity index (χ1) is 27.0. The third-order valence-electron chi connectivity index (χ3n) is 12.0. The third-order valence-corrected chi connectivity index (χ3v) is 12.3. The van der Waals surface area contributed by atoms with Crippen molar-refractivity contribution in [2.75, 3.05) is 47.8 Å². The summed E-state index contributed by atoms with van der Waals surface area (Å²) in [5.74, 6) is -0.214. The molecule has 3 heterocycles. The van der Waals surface area contributed by atoms with Gasteiger partial charge in [0.05, 0.1) is 29.4 Å². The highest BCUT2D eigenvalue weighted by molar-refractivity contribution is 7.80. The summed E-state index contributed by atoms with van der Waals surface area (Å²) in [5, 5.41) is 14.7. The number of hydrogen-bond donors (Lipinski definition) is 2. The zero-order valence-corrected chi connectivity index (χ0v) is 34.9. The van der Waals surface area contributed by atoms with Crippen LogP contribution in [0.5, 0.6) is 0 Å². The number of nitrogens with one attached hydrogen (secondary N) is 2. The van der Waals surface area contributed by atoms with Gasteiger partial charge in [0, 0.05) is 55.6 Å². The van der Waals surface area contributed by atoms with Crippen molar-refractivity contribution in [3.63, 3.8) is 0 Å². The van der Waals surface area contributed by atoms with Crippen molar-refractivity contribution in [2.45, 2.75) is 109 Å². The number of nitriles is 1. The van der Waals surface area contributed by atoms with E-state index in [1.54, 1.807) is 44.2 Å². The molecule has 2 N–H and O–H groups in total. The molecule has 0 aromatic heterocycles. The van der Waals surface area contributed by atoms with Crippen molar-refractivity contribution in [3.05, 3.63) is 53.6 Å². The molecular weight excluding hydrogens is 793 g/mol. The van der Waals surface area contributed by atoms with Crippen molar-refractivity contribution in [2.24, 2.45) is 5.92 Å². The number of nitrogens with zero attached hydrogens (tertiary/aromatic N) is 6. The van der Waals surface area contributed by atoms with E-state index in [2.05, 4.69) is 34.3 Å². The predicted molar refractivity (Wildman–Crippen MR) is 222 cm³/mol. The number of alkyl halides is 3. The molecule has 0 bridgehead atoms. The Morgan fingerprint density at radius 2 is 1.62 bits per heavy atom. The molecule has 2 aromatic carbocycles. The highest BCUT2D eigenvalue weighted by Gasteiger charge is 2.52. The Balaban J connectivity index is 0.00000641. The molecule has 314 valence electrons. The van der Waals surface area contributed by atoms with Crippen LogP contribution in [0.1, 0.15) is 90.2 Å². The van der Waals surface area contributed by atoms with Gasteiger partial charge >= 0.3 is 12.2 Å². The number of rotatable bonds is 11. The van der Waals surface area contributed by atoms with Gasteiger partial charge in [-0.05, 0) is 127 Å². The average molecular weight is 845 g/mol. The summed E-state index contributed by atoms with van der Waals surface area (Å²) < 4.78 is 41.2. The molecule has 0 spiro atoms. The fourth-order valence-electron chi connectivity index (χ4n) is 8.98. The number of hydrogen-bond acceptors (Lipinski definition) is 8. The molecule has 0 unspecified atom stereocenters. The fourth-order valence-corrected chi connectivity index (χ4v) is 9.54. The van der Waals surface area contributed by atoms with Gasteiger partial charge in [-0.3, -0.25) is 34.4 Å². The molecule has 2 atom stereocenters. The fraction of sp³-hybridized carbons (Fsp3) is 0.561. The van der Waals surface area contributed by atoms with Crippen molar-refractivity contribution < 1.29 is 32.3 Å².